The Labute approximate surface area is 127 Å². The van der Waals surface area contributed by atoms with Gasteiger partial charge in [0, 0.05) is 5.56 Å². The average molecular weight is 307 g/mol. The minimum absolute atomic E-state index is 0.130. The zero-order valence-electron chi connectivity index (χ0n) is 11.3. The van der Waals surface area contributed by atoms with Crippen LogP contribution in [0.1, 0.15) is 18.4 Å². The Balaban J connectivity index is 1.77. The molecule has 5 nitrogen and oxygen atoms in total. The second-order valence-corrected chi connectivity index (χ2v) is 5.55. The molecule has 0 unspecified atom stereocenters. The molecule has 0 amide bonds. The predicted molar refractivity (Wildman–Crippen MR) is 79.9 cm³/mol. The maximum absolute atomic E-state index is 11.0. The van der Waals surface area contributed by atoms with E-state index in [0.717, 1.165) is 5.56 Å². The molecule has 0 radical (unpaired) electrons. The van der Waals surface area contributed by atoms with E-state index in [4.69, 9.17) is 21.4 Å². The predicted octanol–water partition coefficient (Wildman–Crippen LogP) is 2.45. The van der Waals surface area contributed by atoms with Crippen LogP contribution >= 0.6 is 11.6 Å². The fraction of sp³-hybridized carbons (Fsp3) is 0.333. The summed E-state index contributed by atoms with van der Waals surface area (Å²) in [6.07, 6.45) is 3.95. The molecule has 1 aliphatic heterocycles. The summed E-state index contributed by atoms with van der Waals surface area (Å²) in [4.78, 5) is 15.2. The van der Waals surface area contributed by atoms with E-state index in [1.807, 2.05) is 6.07 Å². The molecule has 1 saturated carbocycles. The standard InChI is InChI=1S/C15H15ClN2O3/c16-11-5-10(3-4-14(11)21-7-9-1-2-9)12-6-13(15(19)20)18-8-17-12/h3-6,9,18H,1-2,7-8H2,(H,19,20). The summed E-state index contributed by atoms with van der Waals surface area (Å²) in [5.74, 6) is 0.317. The van der Waals surface area contributed by atoms with Crippen LogP contribution in [0.15, 0.2) is 35.0 Å². The van der Waals surface area contributed by atoms with E-state index in [1.54, 1.807) is 12.1 Å². The number of benzene rings is 1. The van der Waals surface area contributed by atoms with Gasteiger partial charge in [-0.05, 0) is 43.0 Å². The van der Waals surface area contributed by atoms with Crippen molar-refractivity contribution in [2.24, 2.45) is 10.9 Å². The highest BCUT2D eigenvalue weighted by atomic mass is 35.5. The van der Waals surface area contributed by atoms with Gasteiger partial charge in [-0.25, -0.2) is 4.79 Å². The van der Waals surface area contributed by atoms with Gasteiger partial charge in [0.15, 0.2) is 0 Å². The van der Waals surface area contributed by atoms with Gasteiger partial charge in [-0.1, -0.05) is 11.6 Å². The maximum atomic E-state index is 11.0. The first-order valence-corrected chi connectivity index (χ1v) is 7.17. The van der Waals surface area contributed by atoms with Crippen LogP contribution in [0.3, 0.4) is 0 Å². The molecule has 1 aromatic carbocycles. The smallest absolute Gasteiger partial charge is 0.352 e. The molecule has 1 fully saturated rings. The molecule has 21 heavy (non-hydrogen) atoms. The van der Waals surface area contributed by atoms with Crippen molar-refractivity contribution >= 4 is 23.3 Å². The third kappa shape index (κ3) is 3.36. The highest BCUT2D eigenvalue weighted by Gasteiger charge is 2.22. The zero-order valence-corrected chi connectivity index (χ0v) is 12.1. The number of aliphatic imine (C=N–C) groups is 1. The number of nitrogens with one attached hydrogen (secondary N) is 1. The SMILES string of the molecule is O=C(O)C1=CC(c2ccc(OCC3CC3)c(Cl)c2)=NCN1. The zero-order chi connectivity index (χ0) is 14.8. The lowest BCUT2D eigenvalue weighted by molar-refractivity contribution is -0.133. The Morgan fingerprint density at radius 2 is 2.29 bits per heavy atom. The fourth-order valence-electron chi connectivity index (χ4n) is 2.02. The number of aliphatic carboxylic acids is 1. The molecule has 3 rings (SSSR count). The fourth-order valence-corrected chi connectivity index (χ4v) is 2.26. The number of nitrogens with zero attached hydrogens (tertiary/aromatic N) is 1. The van der Waals surface area contributed by atoms with E-state index in [9.17, 15) is 4.79 Å². The van der Waals surface area contributed by atoms with Crippen LogP contribution in [0.4, 0.5) is 0 Å². The van der Waals surface area contributed by atoms with E-state index in [-0.39, 0.29) is 12.4 Å². The third-order valence-electron chi connectivity index (χ3n) is 3.43. The average Bonchev–Trinajstić information content (AvgIpc) is 3.30. The molecule has 2 aliphatic rings. The molecule has 0 atom stereocenters. The van der Waals surface area contributed by atoms with Gasteiger partial charge in [-0.15, -0.1) is 0 Å². The Bertz CT molecular complexity index is 636. The second-order valence-electron chi connectivity index (χ2n) is 5.14. The second kappa shape index (κ2) is 5.77. The van der Waals surface area contributed by atoms with Gasteiger partial charge in [-0.2, -0.15) is 0 Å². The minimum atomic E-state index is -1.00. The number of allylic oxidation sites excluding steroid dienone is 1. The molecule has 1 heterocycles. The molecule has 110 valence electrons. The number of halogens is 1. The summed E-state index contributed by atoms with van der Waals surface area (Å²) in [5, 5.41) is 12.2. The Kier molecular flexibility index (Phi) is 3.84. The number of carboxylic acids is 1. The summed E-state index contributed by atoms with van der Waals surface area (Å²) < 4.78 is 5.67. The number of rotatable bonds is 5. The molecule has 1 aliphatic carbocycles. The highest BCUT2D eigenvalue weighted by Crippen LogP contribution is 2.32. The lowest BCUT2D eigenvalue weighted by Gasteiger charge is -2.14. The summed E-state index contributed by atoms with van der Waals surface area (Å²) in [6, 6.07) is 5.40. The van der Waals surface area contributed by atoms with Gasteiger partial charge in [0.05, 0.1) is 17.3 Å². The molecule has 1 aromatic rings. The largest absolute Gasteiger partial charge is 0.492 e. The van der Waals surface area contributed by atoms with E-state index < -0.39 is 5.97 Å². The van der Waals surface area contributed by atoms with Gasteiger partial charge in [0.25, 0.3) is 0 Å². The number of hydrogen-bond donors (Lipinski definition) is 2. The molecule has 2 N–H and O–H groups in total. The molecule has 0 aromatic heterocycles. The number of carboxylic acid groups (broad SMARTS) is 1. The third-order valence-corrected chi connectivity index (χ3v) is 3.72. The molecule has 0 spiro atoms. The van der Waals surface area contributed by atoms with Crippen molar-refractivity contribution in [1.29, 1.82) is 0 Å². The van der Waals surface area contributed by atoms with Crippen LogP contribution in [-0.4, -0.2) is 30.1 Å². The summed E-state index contributed by atoms with van der Waals surface area (Å²) in [6.45, 7) is 0.942. The van der Waals surface area contributed by atoms with E-state index in [1.165, 1.54) is 18.9 Å². The highest BCUT2D eigenvalue weighted by molar-refractivity contribution is 6.32. The first kappa shape index (κ1) is 13.9. The Morgan fingerprint density at radius 1 is 1.48 bits per heavy atom. The van der Waals surface area contributed by atoms with Crippen LogP contribution in [0, 0.1) is 5.92 Å². The van der Waals surface area contributed by atoms with Crippen LogP contribution in [0.25, 0.3) is 0 Å². The normalized spacial score (nSPS) is 17.6. The van der Waals surface area contributed by atoms with Crippen LogP contribution in [0.5, 0.6) is 5.75 Å². The van der Waals surface area contributed by atoms with Crippen molar-refractivity contribution in [3.05, 3.63) is 40.6 Å². The van der Waals surface area contributed by atoms with Crippen molar-refractivity contribution in [2.75, 3.05) is 13.3 Å². The van der Waals surface area contributed by atoms with Crippen molar-refractivity contribution in [3.63, 3.8) is 0 Å². The van der Waals surface area contributed by atoms with Crippen molar-refractivity contribution < 1.29 is 14.6 Å². The van der Waals surface area contributed by atoms with E-state index in [0.29, 0.717) is 29.0 Å². The lowest BCUT2D eigenvalue weighted by Crippen LogP contribution is -2.26. The van der Waals surface area contributed by atoms with Gasteiger partial charge in [0.1, 0.15) is 18.1 Å². The quantitative estimate of drug-likeness (QED) is 0.876. The summed E-state index contributed by atoms with van der Waals surface area (Å²) >= 11 is 6.22. The maximum Gasteiger partial charge on any atom is 0.352 e. The van der Waals surface area contributed by atoms with Gasteiger partial charge in [0.2, 0.25) is 0 Å². The lowest BCUT2D eigenvalue weighted by atomic mass is 10.1. The molecule has 0 saturated heterocycles. The van der Waals surface area contributed by atoms with Crippen molar-refractivity contribution in [1.82, 2.24) is 5.32 Å². The van der Waals surface area contributed by atoms with Crippen LogP contribution < -0.4 is 10.1 Å². The number of carbonyl (C=O) groups is 1. The van der Waals surface area contributed by atoms with Gasteiger partial charge >= 0.3 is 5.97 Å². The Morgan fingerprint density at radius 3 is 2.95 bits per heavy atom. The monoisotopic (exact) mass is 306 g/mol. The van der Waals surface area contributed by atoms with Crippen molar-refractivity contribution in [3.8, 4) is 5.75 Å². The molecule has 0 bridgehead atoms. The van der Waals surface area contributed by atoms with Gasteiger partial charge in [-0.3, -0.25) is 4.99 Å². The van der Waals surface area contributed by atoms with Crippen LogP contribution in [-0.2, 0) is 4.79 Å². The first-order chi connectivity index (χ1) is 10.1. The topological polar surface area (TPSA) is 70.9 Å². The summed E-state index contributed by atoms with van der Waals surface area (Å²) in [7, 11) is 0. The molecule has 6 heteroatoms. The molecular formula is C15H15ClN2O3. The van der Waals surface area contributed by atoms with E-state index in [2.05, 4.69) is 10.3 Å². The van der Waals surface area contributed by atoms with Crippen LogP contribution in [0.2, 0.25) is 5.02 Å². The minimum Gasteiger partial charge on any atom is -0.492 e. The number of ether oxygens (including phenoxy) is 1. The van der Waals surface area contributed by atoms with E-state index >= 15 is 0 Å². The Hall–Kier alpha value is -2.01. The number of hydrogen-bond acceptors (Lipinski definition) is 4. The van der Waals surface area contributed by atoms with Crippen molar-refractivity contribution in [2.45, 2.75) is 12.8 Å². The molecular weight excluding hydrogens is 292 g/mol. The summed E-state index contributed by atoms with van der Waals surface area (Å²) in [5.41, 5.74) is 1.51. The van der Waals surface area contributed by atoms with Gasteiger partial charge < -0.3 is 15.2 Å². The first-order valence-electron chi connectivity index (χ1n) is 6.79.